The van der Waals surface area contributed by atoms with E-state index < -0.39 is 11.1 Å². The zero-order valence-electron chi connectivity index (χ0n) is 15.0. The Morgan fingerprint density at radius 3 is 2.75 bits per heavy atom. The van der Waals surface area contributed by atoms with Gasteiger partial charge in [0.15, 0.2) is 11.5 Å². The van der Waals surface area contributed by atoms with E-state index in [0.717, 1.165) is 18.9 Å². The fraction of sp³-hybridized carbons (Fsp3) is 0.444. The van der Waals surface area contributed by atoms with E-state index in [9.17, 15) is 18.4 Å². The van der Waals surface area contributed by atoms with Gasteiger partial charge in [-0.3, -0.25) is 0 Å². The summed E-state index contributed by atoms with van der Waals surface area (Å²) in [5.41, 5.74) is 0.939. The highest BCUT2D eigenvalue weighted by Gasteiger charge is 2.32. The second-order valence-corrected chi connectivity index (χ2v) is 8.11. The van der Waals surface area contributed by atoms with Gasteiger partial charge < -0.3 is 9.88 Å². The minimum Gasteiger partial charge on any atom is -0.365 e. The first-order valence-corrected chi connectivity index (χ1v) is 9.72. The van der Waals surface area contributed by atoms with Crippen LogP contribution in [-0.2, 0) is 12.7 Å². The number of imidazole rings is 1. The number of nitriles is 1. The molecule has 0 saturated heterocycles. The maximum atomic E-state index is 12.9. The summed E-state index contributed by atoms with van der Waals surface area (Å²) >= 11 is 0.704. The number of hydrogen-bond donors (Lipinski definition) is 1. The van der Waals surface area contributed by atoms with Crippen molar-refractivity contribution in [3.8, 4) is 6.07 Å². The van der Waals surface area contributed by atoms with Crippen LogP contribution in [0.1, 0.15) is 41.8 Å². The summed E-state index contributed by atoms with van der Waals surface area (Å²) in [7, 11) is 0. The monoisotopic (exact) mass is 406 g/mol. The Balaban J connectivity index is 1.69. The SMILES string of the molecule is C[C@@H](Nc1nc(C#N)nc2ncn(Cc3ccc(C(F)(F)F)s3)c12)C1CCC1. The summed E-state index contributed by atoms with van der Waals surface area (Å²) in [6, 6.07) is 4.65. The van der Waals surface area contributed by atoms with Gasteiger partial charge >= 0.3 is 6.18 Å². The molecule has 0 spiro atoms. The molecule has 1 saturated carbocycles. The number of nitrogens with zero attached hydrogens (tertiary/aromatic N) is 5. The van der Waals surface area contributed by atoms with E-state index in [1.807, 2.05) is 6.07 Å². The Labute approximate surface area is 163 Å². The van der Waals surface area contributed by atoms with Crippen molar-refractivity contribution in [2.45, 2.75) is 44.9 Å². The smallest absolute Gasteiger partial charge is 0.365 e. The Morgan fingerprint density at radius 2 is 2.14 bits per heavy atom. The normalized spacial score (nSPS) is 16.0. The molecule has 1 N–H and O–H groups in total. The van der Waals surface area contributed by atoms with Crippen molar-refractivity contribution in [3.63, 3.8) is 0 Å². The van der Waals surface area contributed by atoms with Crippen LogP contribution in [0.5, 0.6) is 0 Å². The third-order valence-electron chi connectivity index (χ3n) is 5.06. The van der Waals surface area contributed by atoms with Crippen molar-refractivity contribution in [2.24, 2.45) is 5.92 Å². The lowest BCUT2D eigenvalue weighted by Gasteiger charge is -2.32. The summed E-state index contributed by atoms with van der Waals surface area (Å²) < 4.78 is 40.3. The van der Waals surface area contributed by atoms with Crippen molar-refractivity contribution in [2.75, 3.05) is 5.32 Å². The topological polar surface area (TPSA) is 79.4 Å². The minimum atomic E-state index is -4.35. The number of anilines is 1. The molecule has 3 aromatic heterocycles. The number of aromatic nitrogens is 4. The van der Waals surface area contributed by atoms with Crippen LogP contribution in [0.25, 0.3) is 11.2 Å². The molecule has 1 aliphatic carbocycles. The number of fused-ring (bicyclic) bond motifs is 1. The van der Waals surface area contributed by atoms with Crippen molar-refractivity contribution >= 4 is 28.3 Å². The Kier molecular flexibility index (Phi) is 4.71. The van der Waals surface area contributed by atoms with Crippen molar-refractivity contribution < 1.29 is 13.2 Å². The molecule has 3 aromatic rings. The zero-order valence-corrected chi connectivity index (χ0v) is 15.8. The molecule has 0 amide bonds. The second kappa shape index (κ2) is 7.05. The molecular weight excluding hydrogens is 389 g/mol. The predicted octanol–water partition coefficient (Wildman–Crippen LogP) is 4.43. The lowest BCUT2D eigenvalue weighted by Crippen LogP contribution is -2.31. The zero-order chi connectivity index (χ0) is 19.9. The highest BCUT2D eigenvalue weighted by Crippen LogP contribution is 2.35. The molecule has 10 heteroatoms. The standard InChI is InChI=1S/C18H17F3N6S/c1-10(11-3-2-4-11)24-17-15-16(25-14(7-22)26-17)23-9-27(15)8-12-5-6-13(28-12)18(19,20)21/h5-6,9-11H,2-4,8H2,1H3,(H,24,25,26)/t10-/m1/s1. The van der Waals surface area contributed by atoms with E-state index >= 15 is 0 Å². The lowest BCUT2D eigenvalue weighted by atomic mass is 9.80. The summed E-state index contributed by atoms with van der Waals surface area (Å²) in [4.78, 5) is 12.6. The Morgan fingerprint density at radius 1 is 1.36 bits per heavy atom. The van der Waals surface area contributed by atoms with Crippen molar-refractivity contribution in [3.05, 3.63) is 34.0 Å². The van der Waals surface area contributed by atoms with Gasteiger partial charge in [0.05, 0.1) is 12.9 Å². The fourth-order valence-corrected chi connectivity index (χ4v) is 4.18. The molecule has 3 heterocycles. The number of thiophene rings is 1. The second-order valence-electron chi connectivity index (χ2n) is 6.94. The molecular formula is C18H17F3N6S. The van der Waals surface area contributed by atoms with Crippen LogP contribution in [0.2, 0.25) is 0 Å². The first kappa shape index (κ1) is 18.7. The Bertz CT molecular complexity index is 1040. The lowest BCUT2D eigenvalue weighted by molar-refractivity contribution is -0.134. The van der Waals surface area contributed by atoms with E-state index in [1.165, 1.54) is 18.8 Å². The summed E-state index contributed by atoms with van der Waals surface area (Å²) in [5, 5.41) is 12.6. The van der Waals surface area contributed by atoms with Crippen LogP contribution in [0.15, 0.2) is 18.5 Å². The molecule has 0 aromatic carbocycles. The molecule has 0 unspecified atom stereocenters. The first-order valence-electron chi connectivity index (χ1n) is 8.90. The largest absolute Gasteiger partial charge is 0.425 e. The predicted molar refractivity (Wildman–Crippen MR) is 98.9 cm³/mol. The van der Waals surface area contributed by atoms with Crippen LogP contribution in [-0.4, -0.2) is 25.6 Å². The third-order valence-corrected chi connectivity index (χ3v) is 6.18. The van der Waals surface area contributed by atoms with E-state index in [4.69, 9.17) is 0 Å². The van der Waals surface area contributed by atoms with Crippen LogP contribution in [0.3, 0.4) is 0 Å². The molecule has 1 fully saturated rings. The third kappa shape index (κ3) is 3.54. The average molecular weight is 406 g/mol. The van der Waals surface area contributed by atoms with Gasteiger partial charge in [-0.2, -0.15) is 28.4 Å². The molecule has 0 aliphatic heterocycles. The van der Waals surface area contributed by atoms with Crippen LogP contribution in [0, 0.1) is 17.2 Å². The van der Waals surface area contributed by atoms with Gasteiger partial charge in [0, 0.05) is 10.9 Å². The maximum Gasteiger partial charge on any atom is 0.425 e. The van der Waals surface area contributed by atoms with E-state index in [1.54, 1.807) is 4.57 Å². The van der Waals surface area contributed by atoms with E-state index in [-0.39, 0.29) is 18.4 Å². The number of alkyl halides is 3. The summed E-state index contributed by atoms with van der Waals surface area (Å²) in [6.45, 7) is 2.29. The van der Waals surface area contributed by atoms with Crippen LogP contribution < -0.4 is 5.32 Å². The number of nitrogens with one attached hydrogen (secondary N) is 1. The van der Waals surface area contributed by atoms with Crippen LogP contribution >= 0.6 is 11.3 Å². The average Bonchev–Trinajstić information content (AvgIpc) is 3.20. The molecule has 6 nitrogen and oxygen atoms in total. The van der Waals surface area contributed by atoms with Crippen molar-refractivity contribution in [1.82, 2.24) is 19.5 Å². The maximum absolute atomic E-state index is 12.9. The van der Waals surface area contributed by atoms with E-state index in [2.05, 4.69) is 27.2 Å². The molecule has 0 bridgehead atoms. The van der Waals surface area contributed by atoms with Gasteiger partial charge in [0.2, 0.25) is 5.82 Å². The fourth-order valence-electron chi connectivity index (χ4n) is 3.31. The van der Waals surface area contributed by atoms with Gasteiger partial charge in [-0.1, -0.05) is 6.42 Å². The van der Waals surface area contributed by atoms with E-state index in [0.29, 0.717) is 39.1 Å². The quantitative estimate of drug-likeness (QED) is 0.678. The van der Waals surface area contributed by atoms with Gasteiger partial charge in [-0.05, 0) is 37.8 Å². The highest BCUT2D eigenvalue weighted by molar-refractivity contribution is 7.12. The molecule has 1 aliphatic rings. The van der Waals surface area contributed by atoms with Crippen LogP contribution in [0.4, 0.5) is 19.0 Å². The van der Waals surface area contributed by atoms with Gasteiger partial charge in [0.25, 0.3) is 0 Å². The molecule has 28 heavy (non-hydrogen) atoms. The van der Waals surface area contributed by atoms with Crippen molar-refractivity contribution in [1.29, 1.82) is 5.26 Å². The summed E-state index contributed by atoms with van der Waals surface area (Å²) in [5.74, 6) is 1.04. The van der Waals surface area contributed by atoms with Gasteiger partial charge in [-0.15, -0.1) is 11.3 Å². The number of halogens is 3. The molecule has 1 atom stereocenters. The minimum absolute atomic E-state index is 0.0107. The Hall–Kier alpha value is -2.67. The summed E-state index contributed by atoms with van der Waals surface area (Å²) in [6.07, 6.45) is 0.657. The van der Waals surface area contributed by atoms with Gasteiger partial charge in [0.1, 0.15) is 16.5 Å². The number of hydrogen-bond acceptors (Lipinski definition) is 6. The molecule has 4 rings (SSSR count). The highest BCUT2D eigenvalue weighted by atomic mass is 32.1. The van der Waals surface area contributed by atoms with Gasteiger partial charge in [-0.25, -0.2) is 4.98 Å². The number of rotatable bonds is 5. The molecule has 0 radical (unpaired) electrons. The molecule has 146 valence electrons. The first-order chi connectivity index (χ1) is 13.3.